The molecule has 0 atom stereocenters. The Bertz CT molecular complexity index is 1320. The number of nitrogens with one attached hydrogen (secondary N) is 1. The van der Waals surface area contributed by atoms with Crippen LogP contribution in [-0.2, 0) is 5.41 Å². The molecule has 10 heteroatoms. The average molecular weight is 445 g/mol. The number of aryl methyl sites for hydroxylation is 1. The Kier molecular flexibility index (Phi) is 5.13. The van der Waals surface area contributed by atoms with E-state index in [2.05, 4.69) is 36.5 Å². The number of nitrogens with zero attached hydrogens (tertiary/aromatic N) is 6. The molecule has 1 aliphatic rings. The van der Waals surface area contributed by atoms with Gasteiger partial charge in [0.05, 0.1) is 28.5 Å². The number of pyridine rings is 1. The van der Waals surface area contributed by atoms with Gasteiger partial charge < -0.3 is 15.5 Å². The molecule has 160 valence electrons. The fraction of sp³-hybridized carbons (Fsp3) is 0.273. The van der Waals surface area contributed by atoms with Gasteiger partial charge in [-0.25, -0.2) is 9.97 Å². The van der Waals surface area contributed by atoms with Crippen molar-refractivity contribution in [3.05, 3.63) is 47.2 Å². The Morgan fingerprint density at radius 3 is 2.75 bits per heavy atom. The molecule has 4 aromatic heterocycles. The van der Waals surface area contributed by atoms with Gasteiger partial charge in [-0.05, 0) is 62.0 Å². The van der Waals surface area contributed by atoms with Crippen molar-refractivity contribution in [1.82, 2.24) is 30.5 Å². The first-order valence-corrected chi connectivity index (χ1v) is 11.1. The lowest BCUT2D eigenvalue weighted by molar-refractivity contribution is 0.375. The van der Waals surface area contributed by atoms with Gasteiger partial charge in [-0.15, -0.1) is 21.5 Å². The molecule has 32 heavy (non-hydrogen) atoms. The monoisotopic (exact) mass is 444 g/mol. The maximum Gasteiger partial charge on any atom is 0.270 e. The Labute approximate surface area is 188 Å². The highest BCUT2D eigenvalue weighted by atomic mass is 32.1. The summed E-state index contributed by atoms with van der Waals surface area (Å²) in [5, 5.41) is 23.5. The summed E-state index contributed by atoms with van der Waals surface area (Å²) in [4.78, 5) is 14.4. The molecule has 0 aliphatic carbocycles. The van der Waals surface area contributed by atoms with Crippen LogP contribution in [0.4, 0.5) is 5.82 Å². The Balaban J connectivity index is 1.52. The maximum absolute atomic E-state index is 9.90. The maximum atomic E-state index is 9.90. The van der Waals surface area contributed by atoms with E-state index in [4.69, 9.17) is 10.2 Å². The lowest BCUT2D eigenvalue weighted by Gasteiger charge is -2.30. The summed E-state index contributed by atoms with van der Waals surface area (Å²) in [5.41, 5.74) is 9.00. The second-order valence-electron chi connectivity index (χ2n) is 7.71. The fourth-order valence-corrected chi connectivity index (χ4v) is 4.67. The number of nitrogen functional groups attached to an aromatic ring is 1. The Morgan fingerprint density at radius 1 is 1.19 bits per heavy atom. The highest BCUT2D eigenvalue weighted by molar-refractivity contribution is 7.13. The first-order chi connectivity index (χ1) is 15.6. The number of nitrogens with two attached hydrogens (primary N) is 1. The molecule has 0 radical (unpaired) electrons. The molecule has 0 amide bonds. The van der Waals surface area contributed by atoms with Gasteiger partial charge in [-0.2, -0.15) is 5.26 Å². The fourth-order valence-electron chi connectivity index (χ4n) is 3.83. The van der Waals surface area contributed by atoms with Crippen molar-refractivity contribution in [2.45, 2.75) is 25.2 Å². The number of hydrogen-bond donors (Lipinski definition) is 2. The van der Waals surface area contributed by atoms with E-state index >= 15 is 0 Å². The van der Waals surface area contributed by atoms with Gasteiger partial charge in [0.25, 0.3) is 11.8 Å². The van der Waals surface area contributed by atoms with Crippen LogP contribution in [0, 0.1) is 18.3 Å². The summed E-state index contributed by atoms with van der Waals surface area (Å²) >= 11 is 1.53. The van der Waals surface area contributed by atoms with Crippen molar-refractivity contribution in [2.75, 3.05) is 18.8 Å². The summed E-state index contributed by atoms with van der Waals surface area (Å²) < 4.78 is 5.86. The molecule has 1 fully saturated rings. The molecule has 5 rings (SSSR count). The number of rotatable bonds is 4. The topological polar surface area (TPSA) is 139 Å². The number of hydrogen-bond acceptors (Lipinski definition) is 10. The molecule has 9 nitrogen and oxygen atoms in total. The third-order valence-corrected chi connectivity index (χ3v) is 6.71. The van der Waals surface area contributed by atoms with Crippen molar-refractivity contribution in [3.8, 4) is 39.7 Å². The van der Waals surface area contributed by atoms with Crippen molar-refractivity contribution in [1.29, 1.82) is 5.26 Å². The van der Waals surface area contributed by atoms with E-state index in [9.17, 15) is 5.26 Å². The molecular weight excluding hydrogens is 424 g/mol. The second-order valence-corrected chi connectivity index (χ2v) is 8.62. The summed E-state index contributed by atoms with van der Waals surface area (Å²) in [6.45, 7) is 3.56. The molecule has 1 saturated heterocycles. The summed E-state index contributed by atoms with van der Waals surface area (Å²) in [5.74, 6) is 0.834. The van der Waals surface area contributed by atoms with E-state index in [1.165, 1.54) is 11.3 Å². The molecule has 4 aromatic rings. The van der Waals surface area contributed by atoms with Crippen molar-refractivity contribution in [2.24, 2.45) is 0 Å². The normalized spacial score (nSPS) is 15.4. The number of piperidine rings is 1. The average Bonchev–Trinajstić information content (AvgIpc) is 3.49. The quantitative estimate of drug-likeness (QED) is 0.485. The Morgan fingerprint density at radius 2 is 2.00 bits per heavy atom. The largest absolute Gasteiger partial charge is 0.414 e. The minimum atomic E-state index is -0.606. The van der Waals surface area contributed by atoms with Gasteiger partial charge in [0.15, 0.2) is 11.5 Å². The number of aromatic nitrogens is 5. The van der Waals surface area contributed by atoms with Crippen molar-refractivity contribution < 1.29 is 4.42 Å². The van der Waals surface area contributed by atoms with Gasteiger partial charge >= 0.3 is 0 Å². The number of anilines is 1. The SMILES string of the molecule is Cc1ccsc1-c1nnc(-c2nc(-c3ccnc(C4(C#N)CCNCC4)c3)cnc2N)o1. The molecule has 0 unspecified atom stereocenters. The summed E-state index contributed by atoms with van der Waals surface area (Å²) in [6.07, 6.45) is 4.73. The van der Waals surface area contributed by atoms with Crippen LogP contribution in [0.25, 0.3) is 33.6 Å². The van der Waals surface area contributed by atoms with E-state index in [-0.39, 0.29) is 11.7 Å². The molecule has 5 heterocycles. The summed E-state index contributed by atoms with van der Waals surface area (Å²) in [6, 6.07) is 8.24. The molecule has 0 aromatic carbocycles. The lowest BCUT2D eigenvalue weighted by Crippen LogP contribution is -2.39. The van der Waals surface area contributed by atoms with E-state index in [0.717, 1.165) is 34.8 Å². The second kappa shape index (κ2) is 8.11. The zero-order chi connectivity index (χ0) is 22.1. The third-order valence-electron chi connectivity index (χ3n) is 5.70. The van der Waals surface area contributed by atoms with Crippen LogP contribution in [-0.4, -0.2) is 38.2 Å². The lowest BCUT2D eigenvalue weighted by atomic mass is 9.77. The molecular formula is C22H20N8OS. The molecule has 0 spiro atoms. The molecule has 0 bridgehead atoms. The van der Waals surface area contributed by atoms with Gasteiger partial charge in [-0.1, -0.05) is 0 Å². The summed E-state index contributed by atoms with van der Waals surface area (Å²) in [7, 11) is 0. The predicted octanol–water partition coefficient (Wildman–Crippen LogP) is 3.35. The predicted molar refractivity (Wildman–Crippen MR) is 120 cm³/mol. The molecule has 3 N–H and O–H groups in total. The van der Waals surface area contributed by atoms with Gasteiger partial charge in [0.2, 0.25) is 0 Å². The van der Waals surface area contributed by atoms with Crippen LogP contribution in [0.1, 0.15) is 24.1 Å². The van der Waals surface area contributed by atoms with Gasteiger partial charge in [0.1, 0.15) is 5.41 Å². The third kappa shape index (κ3) is 3.51. The van der Waals surface area contributed by atoms with Crippen LogP contribution >= 0.6 is 11.3 Å². The minimum absolute atomic E-state index is 0.202. The van der Waals surface area contributed by atoms with E-state index < -0.39 is 5.41 Å². The van der Waals surface area contributed by atoms with E-state index in [1.807, 2.05) is 30.5 Å². The van der Waals surface area contributed by atoms with Crippen LogP contribution < -0.4 is 11.1 Å². The van der Waals surface area contributed by atoms with Crippen LogP contribution in [0.3, 0.4) is 0 Å². The standard InChI is InChI=1S/C22H20N8OS/c1-13-3-9-32-18(13)21-30-29-20(31-21)17-19(24)27-11-15(28-17)14-2-6-26-16(10-14)22(12-23)4-7-25-8-5-22/h2-3,6,9-11,25H,4-5,7-8H2,1H3,(H2,24,27). The highest BCUT2D eigenvalue weighted by Crippen LogP contribution is 2.34. The molecule has 0 saturated carbocycles. The first-order valence-electron chi connectivity index (χ1n) is 10.2. The van der Waals surface area contributed by atoms with Crippen molar-refractivity contribution >= 4 is 17.2 Å². The Hall–Kier alpha value is -3.68. The minimum Gasteiger partial charge on any atom is -0.414 e. The zero-order valence-electron chi connectivity index (χ0n) is 17.4. The number of nitriles is 1. The van der Waals surface area contributed by atoms with Gasteiger partial charge in [-0.3, -0.25) is 4.98 Å². The zero-order valence-corrected chi connectivity index (χ0v) is 18.2. The number of thiophene rings is 1. The van der Waals surface area contributed by atoms with Crippen LogP contribution in [0.5, 0.6) is 0 Å². The first kappa shape index (κ1) is 20.2. The van der Waals surface area contributed by atoms with Crippen LogP contribution in [0.2, 0.25) is 0 Å². The molecule has 1 aliphatic heterocycles. The van der Waals surface area contributed by atoms with Crippen LogP contribution in [0.15, 0.2) is 40.4 Å². The van der Waals surface area contributed by atoms with Gasteiger partial charge in [0, 0.05) is 11.8 Å². The van der Waals surface area contributed by atoms with E-state index in [0.29, 0.717) is 30.1 Å². The van der Waals surface area contributed by atoms with Crippen molar-refractivity contribution in [3.63, 3.8) is 0 Å². The highest BCUT2D eigenvalue weighted by Gasteiger charge is 2.35. The van der Waals surface area contributed by atoms with E-state index in [1.54, 1.807) is 12.4 Å². The smallest absolute Gasteiger partial charge is 0.270 e.